The van der Waals surface area contributed by atoms with Crippen LogP contribution in [0.1, 0.15) is 0 Å². The monoisotopic (exact) mass is 273 g/mol. The molecule has 0 unspecified atom stereocenters. The van der Waals surface area contributed by atoms with Gasteiger partial charge in [-0.1, -0.05) is 0 Å². The molecular formula is C13H15N5S. The lowest BCUT2D eigenvalue weighted by Crippen LogP contribution is -2.21. The standard InChI is InChI=1S/C13H15N5S/c1-18(2)7-6-14-12-11-10(16-8-17-12)9-4-3-5-15-13(9)19-11/h3-5,8H,6-7H2,1-2H3,(H,14,16,17). The van der Waals surface area contributed by atoms with Gasteiger partial charge in [0.2, 0.25) is 0 Å². The van der Waals surface area contributed by atoms with Crippen molar-refractivity contribution >= 4 is 37.6 Å². The van der Waals surface area contributed by atoms with Crippen LogP contribution in [0.2, 0.25) is 0 Å². The highest BCUT2D eigenvalue weighted by Gasteiger charge is 2.11. The highest BCUT2D eigenvalue weighted by molar-refractivity contribution is 7.25. The Morgan fingerprint density at radius 2 is 2.16 bits per heavy atom. The molecule has 98 valence electrons. The molecule has 0 aliphatic rings. The third-order valence-electron chi connectivity index (χ3n) is 2.88. The van der Waals surface area contributed by atoms with Crippen LogP contribution in [-0.4, -0.2) is 47.0 Å². The summed E-state index contributed by atoms with van der Waals surface area (Å²) >= 11 is 1.63. The first-order valence-corrected chi connectivity index (χ1v) is 6.94. The maximum Gasteiger partial charge on any atom is 0.147 e. The molecule has 6 heteroatoms. The second kappa shape index (κ2) is 5.07. The molecule has 0 amide bonds. The van der Waals surface area contributed by atoms with Gasteiger partial charge < -0.3 is 10.2 Å². The zero-order chi connectivity index (χ0) is 13.2. The molecule has 0 atom stereocenters. The van der Waals surface area contributed by atoms with Crippen LogP contribution in [0.5, 0.6) is 0 Å². The molecule has 1 N–H and O–H groups in total. The lowest BCUT2D eigenvalue weighted by atomic mass is 10.3. The molecule has 0 saturated carbocycles. The predicted octanol–water partition coefficient (Wildman–Crippen LogP) is 2.21. The third kappa shape index (κ3) is 2.36. The maximum atomic E-state index is 4.38. The number of anilines is 1. The summed E-state index contributed by atoms with van der Waals surface area (Å²) in [6.45, 7) is 1.83. The van der Waals surface area contributed by atoms with Crippen molar-refractivity contribution in [1.82, 2.24) is 19.9 Å². The lowest BCUT2D eigenvalue weighted by Gasteiger charge is -2.10. The van der Waals surface area contributed by atoms with Crippen molar-refractivity contribution in [3.63, 3.8) is 0 Å². The Morgan fingerprint density at radius 1 is 1.26 bits per heavy atom. The number of pyridine rings is 1. The van der Waals surface area contributed by atoms with Gasteiger partial charge >= 0.3 is 0 Å². The third-order valence-corrected chi connectivity index (χ3v) is 3.99. The fourth-order valence-electron chi connectivity index (χ4n) is 1.94. The van der Waals surface area contributed by atoms with Crippen LogP contribution < -0.4 is 5.32 Å². The normalized spacial score (nSPS) is 11.5. The molecule has 3 rings (SSSR count). The van der Waals surface area contributed by atoms with E-state index in [2.05, 4.69) is 45.3 Å². The number of nitrogens with one attached hydrogen (secondary N) is 1. The van der Waals surface area contributed by atoms with Crippen molar-refractivity contribution in [2.24, 2.45) is 0 Å². The first-order valence-electron chi connectivity index (χ1n) is 6.12. The summed E-state index contributed by atoms with van der Waals surface area (Å²) in [5, 5.41) is 4.47. The van der Waals surface area contributed by atoms with Crippen LogP contribution in [0, 0.1) is 0 Å². The minimum absolute atomic E-state index is 0.862. The molecule has 0 aliphatic heterocycles. The van der Waals surface area contributed by atoms with Crippen molar-refractivity contribution in [1.29, 1.82) is 0 Å². The number of hydrogen-bond donors (Lipinski definition) is 1. The van der Waals surface area contributed by atoms with E-state index in [0.717, 1.165) is 39.3 Å². The van der Waals surface area contributed by atoms with Gasteiger partial charge in [0.25, 0.3) is 0 Å². The van der Waals surface area contributed by atoms with Crippen LogP contribution in [-0.2, 0) is 0 Å². The van der Waals surface area contributed by atoms with Crippen LogP contribution in [0.25, 0.3) is 20.4 Å². The van der Waals surface area contributed by atoms with Crippen LogP contribution in [0.3, 0.4) is 0 Å². The molecule has 3 aromatic heterocycles. The van der Waals surface area contributed by atoms with E-state index in [1.807, 2.05) is 12.3 Å². The van der Waals surface area contributed by atoms with Crippen molar-refractivity contribution in [2.75, 3.05) is 32.5 Å². The molecule has 0 spiro atoms. The second-order valence-corrected chi connectivity index (χ2v) is 5.59. The Hall–Kier alpha value is -1.79. The fraction of sp³-hybridized carbons (Fsp3) is 0.308. The quantitative estimate of drug-likeness (QED) is 0.790. The van der Waals surface area contributed by atoms with Crippen LogP contribution in [0.15, 0.2) is 24.7 Å². The van der Waals surface area contributed by atoms with Crippen molar-refractivity contribution in [2.45, 2.75) is 0 Å². The van der Waals surface area contributed by atoms with E-state index in [1.165, 1.54) is 0 Å². The van der Waals surface area contributed by atoms with Gasteiger partial charge in [-0.15, -0.1) is 11.3 Å². The molecule has 0 saturated heterocycles. The number of thiophene rings is 1. The highest BCUT2D eigenvalue weighted by Crippen LogP contribution is 2.34. The SMILES string of the molecule is CN(C)CCNc1ncnc2c1sc1ncccc12. The zero-order valence-electron chi connectivity index (χ0n) is 10.9. The van der Waals surface area contributed by atoms with Gasteiger partial charge in [-0.05, 0) is 26.2 Å². The highest BCUT2D eigenvalue weighted by atomic mass is 32.1. The van der Waals surface area contributed by atoms with E-state index < -0.39 is 0 Å². The summed E-state index contributed by atoms with van der Waals surface area (Å²) in [5.41, 5.74) is 0.982. The van der Waals surface area contributed by atoms with E-state index in [4.69, 9.17) is 0 Å². The van der Waals surface area contributed by atoms with Crippen molar-refractivity contribution < 1.29 is 0 Å². The number of fused-ring (bicyclic) bond motifs is 3. The summed E-state index contributed by atoms with van der Waals surface area (Å²) in [5.74, 6) is 0.898. The average molecular weight is 273 g/mol. The largest absolute Gasteiger partial charge is 0.367 e. The topological polar surface area (TPSA) is 53.9 Å². The summed E-state index contributed by atoms with van der Waals surface area (Å²) in [7, 11) is 4.11. The number of rotatable bonds is 4. The molecular weight excluding hydrogens is 258 g/mol. The number of nitrogens with zero attached hydrogens (tertiary/aromatic N) is 4. The van der Waals surface area contributed by atoms with E-state index in [-0.39, 0.29) is 0 Å². The minimum Gasteiger partial charge on any atom is -0.367 e. The average Bonchev–Trinajstić information content (AvgIpc) is 2.78. The minimum atomic E-state index is 0.862. The second-order valence-electron chi connectivity index (χ2n) is 4.59. The van der Waals surface area contributed by atoms with E-state index in [9.17, 15) is 0 Å². The van der Waals surface area contributed by atoms with E-state index in [0.29, 0.717) is 0 Å². The van der Waals surface area contributed by atoms with Crippen molar-refractivity contribution in [3.8, 4) is 0 Å². The van der Waals surface area contributed by atoms with Gasteiger partial charge in [-0.25, -0.2) is 15.0 Å². The van der Waals surface area contributed by atoms with Crippen LogP contribution >= 0.6 is 11.3 Å². The zero-order valence-corrected chi connectivity index (χ0v) is 11.7. The smallest absolute Gasteiger partial charge is 0.147 e. The van der Waals surface area contributed by atoms with Gasteiger partial charge in [-0.3, -0.25) is 0 Å². The Bertz CT molecular complexity index is 706. The number of hydrogen-bond acceptors (Lipinski definition) is 6. The molecule has 0 fully saturated rings. The Balaban J connectivity index is 2.00. The summed E-state index contributed by atoms with van der Waals surface area (Å²) < 4.78 is 1.08. The molecule has 0 aromatic carbocycles. The lowest BCUT2D eigenvalue weighted by molar-refractivity contribution is 0.425. The van der Waals surface area contributed by atoms with Gasteiger partial charge in [0.15, 0.2) is 0 Å². The summed E-state index contributed by atoms with van der Waals surface area (Å²) in [6.07, 6.45) is 3.42. The fourth-order valence-corrected chi connectivity index (χ4v) is 3.00. The first-order chi connectivity index (χ1) is 9.25. The number of likely N-dealkylation sites (N-methyl/N-ethyl adjacent to an activating group) is 1. The maximum absolute atomic E-state index is 4.38. The summed E-state index contributed by atoms with van der Waals surface area (Å²) in [6, 6.07) is 3.99. The summed E-state index contributed by atoms with van der Waals surface area (Å²) in [4.78, 5) is 16.3. The van der Waals surface area contributed by atoms with Gasteiger partial charge in [-0.2, -0.15) is 0 Å². The molecule has 3 heterocycles. The molecule has 5 nitrogen and oxygen atoms in total. The van der Waals surface area contributed by atoms with Crippen LogP contribution in [0.4, 0.5) is 5.82 Å². The Morgan fingerprint density at radius 3 is 3.00 bits per heavy atom. The molecule has 3 aromatic rings. The van der Waals surface area contributed by atoms with E-state index >= 15 is 0 Å². The first kappa shape index (κ1) is 12.3. The molecule has 19 heavy (non-hydrogen) atoms. The van der Waals surface area contributed by atoms with E-state index in [1.54, 1.807) is 17.7 Å². The van der Waals surface area contributed by atoms with Gasteiger partial charge in [0.1, 0.15) is 17.0 Å². The Kier molecular flexibility index (Phi) is 3.27. The van der Waals surface area contributed by atoms with Gasteiger partial charge in [0.05, 0.1) is 10.2 Å². The molecule has 0 bridgehead atoms. The van der Waals surface area contributed by atoms with Crippen molar-refractivity contribution in [3.05, 3.63) is 24.7 Å². The molecule has 0 aliphatic carbocycles. The predicted molar refractivity (Wildman–Crippen MR) is 79.8 cm³/mol. The Labute approximate surface area is 115 Å². The van der Waals surface area contributed by atoms with Gasteiger partial charge in [0, 0.05) is 24.7 Å². The molecule has 0 radical (unpaired) electrons. The number of aromatic nitrogens is 3.